The summed E-state index contributed by atoms with van der Waals surface area (Å²) in [5.74, 6) is 0. The van der Waals surface area contributed by atoms with Crippen LogP contribution in [0.5, 0.6) is 0 Å². The maximum absolute atomic E-state index is 10.6. The van der Waals surface area contributed by atoms with Gasteiger partial charge in [0, 0.05) is 30.9 Å². The lowest BCUT2D eigenvalue weighted by Crippen LogP contribution is -2.27. The topological polar surface area (TPSA) is 91.3 Å². The van der Waals surface area contributed by atoms with Gasteiger partial charge in [-0.1, -0.05) is 6.92 Å². The van der Waals surface area contributed by atoms with Crippen molar-refractivity contribution < 1.29 is 10.0 Å². The maximum Gasteiger partial charge on any atom is 0.269 e. The van der Waals surface area contributed by atoms with E-state index in [9.17, 15) is 10.1 Å². The molecule has 0 saturated carbocycles. The molecule has 0 amide bonds. The summed E-state index contributed by atoms with van der Waals surface area (Å²) in [7, 11) is 0. The molecule has 0 aliphatic heterocycles. The molecule has 2 aromatic rings. The van der Waals surface area contributed by atoms with Crippen LogP contribution in [0.2, 0.25) is 0 Å². The Labute approximate surface area is 140 Å². The highest BCUT2D eigenvalue weighted by atomic mass is 16.6. The van der Waals surface area contributed by atoms with Crippen molar-refractivity contribution in [2.75, 3.05) is 24.6 Å². The molecular weight excluding hydrogens is 308 g/mol. The molecule has 0 spiro atoms. The number of benzene rings is 2. The lowest BCUT2D eigenvalue weighted by Gasteiger charge is -2.23. The molecule has 24 heavy (non-hydrogen) atoms. The van der Waals surface area contributed by atoms with Crippen LogP contribution in [-0.2, 0) is 0 Å². The molecule has 1 N–H and O–H groups in total. The van der Waals surface area contributed by atoms with Crippen molar-refractivity contribution in [3.63, 3.8) is 0 Å². The highest BCUT2D eigenvalue weighted by Gasteiger charge is 2.05. The van der Waals surface area contributed by atoms with Gasteiger partial charge >= 0.3 is 0 Å². The van der Waals surface area contributed by atoms with Crippen molar-refractivity contribution in [1.29, 1.82) is 0 Å². The summed E-state index contributed by atoms with van der Waals surface area (Å²) in [6, 6.07) is 13.5. The molecule has 0 unspecified atom stereocenters. The fourth-order valence-corrected chi connectivity index (χ4v) is 2.25. The number of anilines is 1. The molecule has 0 atom stereocenters. The van der Waals surface area contributed by atoms with Crippen LogP contribution >= 0.6 is 0 Å². The van der Waals surface area contributed by atoms with Crippen LogP contribution in [0.3, 0.4) is 0 Å². The maximum atomic E-state index is 10.6. The van der Waals surface area contributed by atoms with Crippen molar-refractivity contribution >= 4 is 22.7 Å². The van der Waals surface area contributed by atoms with Crippen molar-refractivity contribution in [1.82, 2.24) is 0 Å². The summed E-state index contributed by atoms with van der Waals surface area (Å²) in [6.45, 7) is 3.68. The zero-order valence-electron chi connectivity index (χ0n) is 13.5. The average molecular weight is 328 g/mol. The second-order valence-electron chi connectivity index (χ2n) is 5.20. The van der Waals surface area contributed by atoms with Gasteiger partial charge < -0.3 is 10.0 Å². The second-order valence-corrected chi connectivity index (χ2v) is 5.20. The van der Waals surface area contributed by atoms with Gasteiger partial charge in [0.05, 0.1) is 22.9 Å². The number of aliphatic hydroxyl groups excluding tert-OH is 1. The smallest absolute Gasteiger partial charge is 0.269 e. The number of nitro groups is 1. The van der Waals surface area contributed by atoms with E-state index in [0.717, 1.165) is 18.7 Å². The first-order chi connectivity index (χ1) is 11.6. The number of non-ortho nitro benzene ring substituents is 1. The largest absolute Gasteiger partial charge is 0.395 e. The highest BCUT2D eigenvalue weighted by Crippen LogP contribution is 2.23. The molecular formula is C17H20N4O3. The molecule has 2 aromatic carbocycles. The first-order valence-electron chi connectivity index (χ1n) is 7.76. The predicted molar refractivity (Wildman–Crippen MR) is 93.3 cm³/mol. The van der Waals surface area contributed by atoms with Crippen molar-refractivity contribution in [3.8, 4) is 0 Å². The Morgan fingerprint density at radius 3 is 2.00 bits per heavy atom. The lowest BCUT2D eigenvalue weighted by atomic mass is 10.2. The quantitative estimate of drug-likeness (QED) is 0.446. The number of azo groups is 1. The van der Waals surface area contributed by atoms with E-state index < -0.39 is 4.92 Å². The highest BCUT2D eigenvalue weighted by molar-refractivity contribution is 5.53. The molecule has 2 rings (SSSR count). The van der Waals surface area contributed by atoms with Gasteiger partial charge in [0.2, 0.25) is 0 Å². The number of nitrogens with zero attached hydrogens (tertiary/aromatic N) is 4. The molecule has 0 aliphatic rings. The zero-order chi connectivity index (χ0) is 17.4. The monoisotopic (exact) mass is 328 g/mol. The van der Waals surface area contributed by atoms with Gasteiger partial charge in [-0.3, -0.25) is 10.1 Å². The summed E-state index contributed by atoms with van der Waals surface area (Å²) < 4.78 is 0. The predicted octanol–water partition coefficient (Wildman–Crippen LogP) is 4.22. The van der Waals surface area contributed by atoms with Gasteiger partial charge in [-0.05, 0) is 42.8 Å². The Morgan fingerprint density at radius 1 is 1.00 bits per heavy atom. The van der Waals surface area contributed by atoms with Crippen molar-refractivity contribution in [2.24, 2.45) is 10.2 Å². The van der Waals surface area contributed by atoms with Gasteiger partial charge in [-0.15, -0.1) is 0 Å². The summed E-state index contributed by atoms with van der Waals surface area (Å²) in [6.07, 6.45) is 1.00. The van der Waals surface area contributed by atoms with Crippen LogP contribution in [0.4, 0.5) is 22.7 Å². The van der Waals surface area contributed by atoms with E-state index in [2.05, 4.69) is 22.1 Å². The van der Waals surface area contributed by atoms with E-state index >= 15 is 0 Å². The molecule has 126 valence electrons. The normalized spacial score (nSPS) is 10.9. The van der Waals surface area contributed by atoms with E-state index in [1.54, 1.807) is 12.1 Å². The Bertz CT molecular complexity index is 678. The SMILES string of the molecule is CCCN(CCO)c1ccc(/N=N/c2ccc([N+](=O)[O-])cc2)cc1. The van der Waals surface area contributed by atoms with E-state index in [0.29, 0.717) is 17.9 Å². The van der Waals surface area contributed by atoms with Crippen molar-refractivity contribution in [2.45, 2.75) is 13.3 Å². The van der Waals surface area contributed by atoms with Gasteiger partial charge in [-0.25, -0.2) is 0 Å². The van der Waals surface area contributed by atoms with Gasteiger partial charge in [-0.2, -0.15) is 10.2 Å². The Morgan fingerprint density at radius 2 is 1.54 bits per heavy atom. The van der Waals surface area contributed by atoms with Gasteiger partial charge in [0.15, 0.2) is 0 Å². The van der Waals surface area contributed by atoms with Crippen molar-refractivity contribution in [3.05, 3.63) is 58.6 Å². The number of nitro benzene ring substituents is 1. The fourth-order valence-electron chi connectivity index (χ4n) is 2.25. The third-order valence-corrected chi connectivity index (χ3v) is 3.42. The standard InChI is InChI=1S/C17H20N4O3/c1-2-11-20(12-13-22)16-7-3-14(4-8-16)18-19-15-5-9-17(10-6-15)21(23)24/h3-10,22H,2,11-13H2,1H3/b19-18+. The fraction of sp³-hybridized carbons (Fsp3) is 0.294. The first-order valence-corrected chi connectivity index (χ1v) is 7.76. The van der Waals surface area contributed by atoms with Crippen LogP contribution in [0.1, 0.15) is 13.3 Å². The van der Waals surface area contributed by atoms with E-state index in [4.69, 9.17) is 5.11 Å². The molecule has 0 aromatic heterocycles. The minimum atomic E-state index is -0.450. The third-order valence-electron chi connectivity index (χ3n) is 3.42. The average Bonchev–Trinajstić information content (AvgIpc) is 2.60. The number of rotatable bonds is 8. The van der Waals surface area contributed by atoms with Crippen LogP contribution < -0.4 is 4.90 Å². The van der Waals surface area contributed by atoms with Crippen LogP contribution in [-0.4, -0.2) is 29.7 Å². The van der Waals surface area contributed by atoms with Crippen LogP contribution in [0.25, 0.3) is 0 Å². The molecule has 0 fully saturated rings. The third kappa shape index (κ3) is 4.85. The number of aliphatic hydroxyl groups is 1. The van der Waals surface area contributed by atoms with Crippen LogP contribution in [0, 0.1) is 10.1 Å². The molecule has 0 bridgehead atoms. The Kier molecular flexibility index (Phi) is 6.39. The molecule has 0 saturated heterocycles. The first kappa shape index (κ1) is 17.6. The zero-order valence-corrected chi connectivity index (χ0v) is 13.5. The minimum Gasteiger partial charge on any atom is -0.395 e. The molecule has 7 nitrogen and oxygen atoms in total. The summed E-state index contributed by atoms with van der Waals surface area (Å²) in [5.41, 5.74) is 2.30. The Balaban J connectivity index is 2.06. The summed E-state index contributed by atoms with van der Waals surface area (Å²) in [4.78, 5) is 12.3. The van der Waals surface area contributed by atoms with Gasteiger partial charge in [0.25, 0.3) is 5.69 Å². The molecule has 0 heterocycles. The Hall–Kier alpha value is -2.80. The van der Waals surface area contributed by atoms with E-state index in [-0.39, 0.29) is 12.3 Å². The molecule has 0 radical (unpaired) electrons. The summed E-state index contributed by atoms with van der Waals surface area (Å²) >= 11 is 0. The molecule has 0 aliphatic carbocycles. The van der Waals surface area contributed by atoms with E-state index in [1.807, 2.05) is 24.3 Å². The second kappa shape index (κ2) is 8.73. The number of hydrogen-bond acceptors (Lipinski definition) is 6. The van der Waals surface area contributed by atoms with Gasteiger partial charge in [0.1, 0.15) is 0 Å². The van der Waals surface area contributed by atoms with E-state index in [1.165, 1.54) is 12.1 Å². The minimum absolute atomic E-state index is 0.0261. The lowest BCUT2D eigenvalue weighted by molar-refractivity contribution is -0.384. The number of hydrogen-bond donors (Lipinski definition) is 1. The summed E-state index contributed by atoms with van der Waals surface area (Å²) in [5, 5.41) is 27.9. The van der Waals surface area contributed by atoms with Crippen LogP contribution in [0.15, 0.2) is 58.8 Å². The molecule has 7 heteroatoms.